The van der Waals surface area contributed by atoms with Crippen LogP contribution in [0.4, 0.5) is 0 Å². The smallest absolute Gasteiger partial charge is 0.160 e. The first-order valence-electron chi connectivity index (χ1n) is 6.81. The zero-order valence-electron chi connectivity index (χ0n) is 11.8. The third-order valence-electron chi connectivity index (χ3n) is 3.04. The molecule has 21 heavy (non-hydrogen) atoms. The van der Waals surface area contributed by atoms with Crippen molar-refractivity contribution in [3.63, 3.8) is 0 Å². The number of methoxy groups -OCH3 is 1. The summed E-state index contributed by atoms with van der Waals surface area (Å²) in [6.45, 7) is 1.82. The van der Waals surface area contributed by atoms with Gasteiger partial charge in [0.15, 0.2) is 5.76 Å². The van der Waals surface area contributed by atoms with E-state index in [2.05, 4.69) is 5.16 Å². The number of nitrogens with zero attached hydrogens (tertiary/aromatic N) is 1. The zero-order chi connectivity index (χ0) is 14.5. The Morgan fingerprint density at radius 3 is 3.00 bits per heavy atom. The van der Waals surface area contributed by atoms with E-state index in [1.54, 1.807) is 7.11 Å². The van der Waals surface area contributed by atoms with Crippen LogP contribution >= 0.6 is 0 Å². The molecule has 1 aromatic carbocycles. The molecule has 2 aromatic rings. The number of benzene rings is 1. The normalized spacial score (nSPS) is 17.3. The van der Waals surface area contributed by atoms with Gasteiger partial charge >= 0.3 is 0 Å². The summed E-state index contributed by atoms with van der Waals surface area (Å²) in [4.78, 5) is 0. The van der Waals surface area contributed by atoms with Crippen LogP contribution in [0.2, 0.25) is 0 Å². The topological polar surface area (TPSA) is 57.0 Å². The summed E-state index contributed by atoms with van der Waals surface area (Å²) < 4.78 is 21.1. The van der Waals surface area contributed by atoms with Gasteiger partial charge in [-0.15, -0.1) is 0 Å². The van der Waals surface area contributed by atoms with Crippen LogP contribution in [-0.4, -0.2) is 31.6 Å². The van der Waals surface area contributed by atoms with Gasteiger partial charge in [0.1, 0.15) is 24.2 Å². The van der Waals surface area contributed by atoms with E-state index in [-0.39, 0.29) is 6.10 Å². The van der Waals surface area contributed by atoms with E-state index in [9.17, 15) is 0 Å². The lowest BCUT2D eigenvalue weighted by atomic mass is 10.2. The van der Waals surface area contributed by atoms with Gasteiger partial charge in [-0.1, -0.05) is 23.4 Å². The van der Waals surface area contributed by atoms with Gasteiger partial charge in [-0.25, -0.2) is 0 Å². The van der Waals surface area contributed by atoms with Gasteiger partial charge in [0.25, 0.3) is 0 Å². The van der Waals surface area contributed by atoms with Gasteiger partial charge in [-0.2, -0.15) is 0 Å². The van der Waals surface area contributed by atoms with E-state index in [4.69, 9.17) is 18.7 Å². The lowest BCUT2D eigenvalue weighted by Crippen LogP contribution is -2.04. The van der Waals surface area contributed by atoms with Crippen LogP contribution in [0.15, 0.2) is 34.9 Å². The summed E-state index contributed by atoms with van der Waals surface area (Å²) in [5.74, 6) is 1.52. The number of rotatable bonds is 7. The van der Waals surface area contributed by atoms with E-state index in [0.717, 1.165) is 23.6 Å². The Balaban J connectivity index is 1.68. The van der Waals surface area contributed by atoms with Crippen LogP contribution in [0.1, 0.15) is 17.0 Å². The van der Waals surface area contributed by atoms with Crippen molar-refractivity contribution in [2.45, 2.75) is 12.7 Å². The summed E-state index contributed by atoms with van der Waals surface area (Å²) >= 11 is 0. The molecule has 0 spiro atoms. The fourth-order valence-electron chi connectivity index (χ4n) is 1.89. The SMILES string of the molecule is COCc1cc(/C=C/c2ccccc2OCC2CO2)on1. The number of ether oxygens (including phenoxy) is 3. The van der Waals surface area contributed by atoms with Crippen molar-refractivity contribution in [2.24, 2.45) is 0 Å². The molecule has 1 atom stereocenters. The lowest BCUT2D eigenvalue weighted by Gasteiger charge is -2.07. The molecule has 2 heterocycles. The first kappa shape index (κ1) is 13.9. The van der Waals surface area contributed by atoms with Crippen molar-refractivity contribution < 1.29 is 18.7 Å². The maximum Gasteiger partial charge on any atom is 0.160 e. The van der Waals surface area contributed by atoms with Crippen LogP contribution in [0.5, 0.6) is 5.75 Å². The van der Waals surface area contributed by atoms with Crippen molar-refractivity contribution in [1.82, 2.24) is 5.16 Å². The first-order valence-corrected chi connectivity index (χ1v) is 6.81. The Morgan fingerprint density at radius 1 is 1.33 bits per heavy atom. The minimum absolute atomic E-state index is 0.243. The van der Waals surface area contributed by atoms with Gasteiger partial charge in [0.05, 0.1) is 13.2 Å². The minimum Gasteiger partial charge on any atom is -0.490 e. The maximum atomic E-state index is 5.75. The fraction of sp³-hybridized carbons (Fsp3) is 0.312. The molecular weight excluding hydrogens is 270 g/mol. The van der Waals surface area contributed by atoms with Crippen molar-refractivity contribution in [3.05, 3.63) is 47.3 Å². The maximum absolute atomic E-state index is 5.75. The van der Waals surface area contributed by atoms with Crippen molar-refractivity contribution in [2.75, 3.05) is 20.3 Å². The molecule has 3 rings (SSSR count). The van der Waals surface area contributed by atoms with Crippen molar-refractivity contribution in [1.29, 1.82) is 0 Å². The highest BCUT2D eigenvalue weighted by atomic mass is 16.6. The Hall–Kier alpha value is -2.11. The first-order chi connectivity index (χ1) is 10.3. The predicted octanol–water partition coefficient (Wildman–Crippen LogP) is 2.77. The van der Waals surface area contributed by atoms with Crippen LogP contribution < -0.4 is 4.74 Å². The fourth-order valence-corrected chi connectivity index (χ4v) is 1.89. The van der Waals surface area contributed by atoms with Crippen molar-refractivity contribution in [3.8, 4) is 5.75 Å². The molecule has 5 heteroatoms. The quantitative estimate of drug-likeness (QED) is 0.733. The summed E-state index contributed by atoms with van der Waals surface area (Å²) in [7, 11) is 1.63. The largest absolute Gasteiger partial charge is 0.490 e. The molecule has 0 bridgehead atoms. The van der Waals surface area contributed by atoms with Gasteiger partial charge in [0.2, 0.25) is 0 Å². The molecule has 1 fully saturated rings. The molecule has 1 aromatic heterocycles. The zero-order valence-corrected chi connectivity index (χ0v) is 11.8. The molecule has 0 amide bonds. The van der Waals surface area contributed by atoms with E-state index in [1.165, 1.54) is 0 Å². The summed E-state index contributed by atoms with van der Waals surface area (Å²) in [6.07, 6.45) is 4.05. The average molecular weight is 287 g/mol. The molecule has 110 valence electrons. The van der Waals surface area contributed by atoms with E-state index in [1.807, 2.05) is 42.5 Å². The summed E-state index contributed by atoms with van der Waals surface area (Å²) in [5.41, 5.74) is 1.76. The van der Waals surface area contributed by atoms with E-state index in [0.29, 0.717) is 19.0 Å². The number of hydrogen-bond acceptors (Lipinski definition) is 5. The third kappa shape index (κ3) is 3.93. The highest BCUT2D eigenvalue weighted by Gasteiger charge is 2.23. The molecule has 1 aliphatic heterocycles. The standard InChI is InChI=1S/C16H17NO4/c1-18-9-13-8-14(21-17-13)7-6-12-4-2-3-5-16(12)20-11-15-10-19-15/h2-8,15H,9-11H2,1H3/b7-6+. The van der Waals surface area contributed by atoms with E-state index >= 15 is 0 Å². The van der Waals surface area contributed by atoms with Crippen LogP contribution in [0, 0.1) is 0 Å². The van der Waals surface area contributed by atoms with Crippen LogP contribution in [0.3, 0.4) is 0 Å². The third-order valence-corrected chi connectivity index (χ3v) is 3.04. The molecule has 5 nitrogen and oxygen atoms in total. The molecule has 0 radical (unpaired) electrons. The number of aromatic nitrogens is 1. The van der Waals surface area contributed by atoms with Gasteiger partial charge in [-0.3, -0.25) is 0 Å². The Bertz CT molecular complexity index is 616. The van der Waals surface area contributed by atoms with Gasteiger partial charge in [0, 0.05) is 18.7 Å². The monoisotopic (exact) mass is 287 g/mol. The molecule has 0 saturated carbocycles. The average Bonchev–Trinajstić information content (AvgIpc) is 3.23. The molecule has 1 aliphatic rings. The Morgan fingerprint density at radius 2 is 2.19 bits per heavy atom. The highest BCUT2D eigenvalue weighted by molar-refractivity contribution is 5.70. The highest BCUT2D eigenvalue weighted by Crippen LogP contribution is 2.22. The van der Waals surface area contributed by atoms with E-state index < -0.39 is 0 Å². The number of para-hydroxylation sites is 1. The lowest BCUT2D eigenvalue weighted by molar-refractivity contribution is 0.177. The molecular formula is C16H17NO4. The molecule has 0 aliphatic carbocycles. The Labute approximate surface area is 123 Å². The molecule has 1 unspecified atom stereocenters. The number of hydrogen-bond donors (Lipinski definition) is 0. The second kappa shape index (κ2) is 6.56. The van der Waals surface area contributed by atoms with Gasteiger partial charge in [-0.05, 0) is 18.2 Å². The number of epoxide rings is 1. The predicted molar refractivity (Wildman–Crippen MR) is 77.8 cm³/mol. The Kier molecular flexibility index (Phi) is 4.33. The molecule has 1 saturated heterocycles. The second-order valence-electron chi connectivity index (χ2n) is 4.79. The summed E-state index contributed by atoms with van der Waals surface area (Å²) in [5, 5.41) is 3.91. The second-order valence-corrected chi connectivity index (χ2v) is 4.79. The van der Waals surface area contributed by atoms with Gasteiger partial charge < -0.3 is 18.7 Å². The van der Waals surface area contributed by atoms with Crippen LogP contribution in [-0.2, 0) is 16.1 Å². The van der Waals surface area contributed by atoms with Crippen LogP contribution in [0.25, 0.3) is 12.2 Å². The summed E-state index contributed by atoms with van der Waals surface area (Å²) in [6, 6.07) is 9.70. The minimum atomic E-state index is 0.243. The molecule has 0 N–H and O–H groups in total. The van der Waals surface area contributed by atoms with Crippen molar-refractivity contribution >= 4 is 12.2 Å².